The molecule has 1 aromatic heterocycles. The van der Waals surface area contributed by atoms with Crippen LogP contribution in [0.5, 0.6) is 0 Å². The first-order valence-electron chi connectivity index (χ1n) is 6.22. The first-order valence-corrected chi connectivity index (χ1v) is 6.22. The van der Waals surface area contributed by atoms with Crippen molar-refractivity contribution in [3.63, 3.8) is 0 Å². The predicted molar refractivity (Wildman–Crippen MR) is 72.6 cm³/mol. The lowest BCUT2D eigenvalue weighted by atomic mass is 9.92. The molecule has 0 aliphatic heterocycles. The Morgan fingerprint density at radius 3 is 2.70 bits per heavy atom. The van der Waals surface area contributed by atoms with Crippen molar-refractivity contribution in [3.05, 3.63) is 38.9 Å². The molecule has 0 bridgehead atoms. The van der Waals surface area contributed by atoms with Gasteiger partial charge in [-0.05, 0) is 18.9 Å². The van der Waals surface area contributed by atoms with Crippen LogP contribution in [0.25, 0.3) is 11.1 Å². The molecule has 0 saturated heterocycles. The van der Waals surface area contributed by atoms with E-state index in [0.29, 0.717) is 5.52 Å². The largest absolute Gasteiger partial charge is 0.420 e. The zero-order valence-electron chi connectivity index (χ0n) is 11.5. The smallest absolute Gasteiger partial charge is 0.408 e. The van der Waals surface area contributed by atoms with Crippen LogP contribution in [0.4, 0.5) is 5.69 Å². The van der Waals surface area contributed by atoms with Crippen LogP contribution in [-0.4, -0.2) is 20.2 Å². The molecule has 1 heterocycles. The Bertz CT molecular complexity index is 711. The summed E-state index contributed by atoms with van der Waals surface area (Å²) in [6.07, 6.45) is 0. The number of oxazole rings is 1. The van der Waals surface area contributed by atoms with Gasteiger partial charge in [-0.25, -0.2) is 4.79 Å². The summed E-state index contributed by atoms with van der Waals surface area (Å²) in [6, 6.07) is 3.93. The molecule has 2 rings (SSSR count). The molecule has 0 amide bonds. The van der Waals surface area contributed by atoms with Crippen LogP contribution in [0.1, 0.15) is 20.8 Å². The third-order valence-corrected chi connectivity index (χ3v) is 3.58. The van der Waals surface area contributed by atoms with Gasteiger partial charge in [0, 0.05) is 12.1 Å². The normalized spacial score (nSPS) is 14.7. The molecule has 1 atom stereocenters. The number of fused-ring (bicyclic) bond motifs is 1. The second-order valence-electron chi connectivity index (χ2n) is 5.38. The number of hydrogen-bond donors (Lipinski definition) is 1. The van der Waals surface area contributed by atoms with Gasteiger partial charge in [0.05, 0.1) is 22.6 Å². The molecular formula is C13H16N2O5. The Labute approximate surface area is 114 Å². The summed E-state index contributed by atoms with van der Waals surface area (Å²) in [5.41, 5.74) is -0.674. The Kier molecular flexibility index (Phi) is 3.39. The van der Waals surface area contributed by atoms with Crippen molar-refractivity contribution < 1.29 is 14.4 Å². The summed E-state index contributed by atoms with van der Waals surface area (Å²) >= 11 is 0. The number of rotatable bonds is 4. The fourth-order valence-electron chi connectivity index (χ4n) is 1.82. The molecule has 0 aliphatic carbocycles. The average Bonchev–Trinajstić information content (AvgIpc) is 2.64. The van der Waals surface area contributed by atoms with E-state index in [0.717, 1.165) is 0 Å². The predicted octanol–water partition coefficient (Wildman–Crippen LogP) is 1.91. The summed E-state index contributed by atoms with van der Waals surface area (Å²) in [5, 5.41) is 21.1. The van der Waals surface area contributed by atoms with Crippen LogP contribution in [0.3, 0.4) is 0 Å². The summed E-state index contributed by atoms with van der Waals surface area (Å²) < 4.78 is 6.26. The van der Waals surface area contributed by atoms with Crippen molar-refractivity contribution in [2.24, 2.45) is 5.92 Å². The monoisotopic (exact) mass is 280 g/mol. The van der Waals surface area contributed by atoms with Crippen molar-refractivity contribution in [2.75, 3.05) is 0 Å². The van der Waals surface area contributed by atoms with Crippen LogP contribution in [0.15, 0.2) is 27.4 Å². The fraction of sp³-hybridized carbons (Fsp3) is 0.462. The number of benzene rings is 1. The molecule has 108 valence electrons. The Morgan fingerprint density at radius 1 is 1.50 bits per heavy atom. The van der Waals surface area contributed by atoms with Crippen molar-refractivity contribution >= 4 is 16.8 Å². The minimum absolute atomic E-state index is 0.0116. The van der Waals surface area contributed by atoms with Gasteiger partial charge in [-0.2, -0.15) is 0 Å². The molecule has 20 heavy (non-hydrogen) atoms. The van der Waals surface area contributed by atoms with E-state index >= 15 is 0 Å². The van der Waals surface area contributed by atoms with Gasteiger partial charge in [-0.1, -0.05) is 13.8 Å². The van der Waals surface area contributed by atoms with Crippen molar-refractivity contribution in [1.82, 2.24) is 4.57 Å². The Morgan fingerprint density at radius 2 is 2.15 bits per heavy atom. The van der Waals surface area contributed by atoms with E-state index in [2.05, 4.69) is 0 Å². The van der Waals surface area contributed by atoms with E-state index < -0.39 is 16.3 Å². The Hall–Kier alpha value is -2.15. The summed E-state index contributed by atoms with van der Waals surface area (Å²) in [6.45, 7) is 5.28. The average molecular weight is 280 g/mol. The molecule has 0 radical (unpaired) electrons. The molecule has 1 N–H and O–H groups in total. The molecule has 0 spiro atoms. The first-order chi connectivity index (χ1) is 9.22. The van der Waals surface area contributed by atoms with Gasteiger partial charge >= 0.3 is 5.76 Å². The molecule has 0 saturated carbocycles. The third-order valence-electron chi connectivity index (χ3n) is 3.58. The van der Waals surface area contributed by atoms with Crippen molar-refractivity contribution in [3.8, 4) is 0 Å². The highest BCUT2D eigenvalue weighted by atomic mass is 16.6. The summed E-state index contributed by atoms with van der Waals surface area (Å²) in [7, 11) is 0. The second kappa shape index (κ2) is 4.75. The van der Waals surface area contributed by atoms with Crippen LogP contribution < -0.4 is 5.76 Å². The lowest BCUT2D eigenvalue weighted by molar-refractivity contribution is -0.384. The molecule has 1 aromatic carbocycles. The lowest BCUT2D eigenvalue weighted by Gasteiger charge is -2.27. The lowest BCUT2D eigenvalue weighted by Crippen LogP contribution is -2.38. The van der Waals surface area contributed by atoms with E-state index in [1.165, 1.54) is 22.8 Å². The molecule has 7 nitrogen and oxygen atoms in total. The highest BCUT2D eigenvalue weighted by Crippen LogP contribution is 2.24. The van der Waals surface area contributed by atoms with Crippen LogP contribution in [0, 0.1) is 16.0 Å². The van der Waals surface area contributed by atoms with Gasteiger partial charge in [0.25, 0.3) is 5.69 Å². The van der Waals surface area contributed by atoms with E-state index in [-0.39, 0.29) is 23.7 Å². The third kappa shape index (κ3) is 2.44. The fourth-order valence-corrected chi connectivity index (χ4v) is 1.82. The molecule has 2 aromatic rings. The highest BCUT2D eigenvalue weighted by Gasteiger charge is 2.28. The topological polar surface area (TPSA) is 98.5 Å². The zero-order chi connectivity index (χ0) is 15.1. The SMILES string of the molecule is CC(C)C(C)(O)Cn1c(=O)oc2ccc([N+](=O)[O-])cc21. The molecule has 0 fully saturated rings. The minimum Gasteiger partial charge on any atom is -0.408 e. The van der Waals surface area contributed by atoms with E-state index in [1.807, 2.05) is 13.8 Å². The highest BCUT2D eigenvalue weighted by molar-refractivity contribution is 5.75. The zero-order valence-corrected chi connectivity index (χ0v) is 11.5. The van der Waals surface area contributed by atoms with Gasteiger partial charge in [0.2, 0.25) is 0 Å². The number of nitro groups is 1. The number of hydrogen-bond acceptors (Lipinski definition) is 5. The molecule has 1 unspecified atom stereocenters. The maximum atomic E-state index is 11.8. The first kappa shape index (κ1) is 14.3. The van der Waals surface area contributed by atoms with Crippen molar-refractivity contribution in [2.45, 2.75) is 32.9 Å². The maximum Gasteiger partial charge on any atom is 0.420 e. The van der Waals surface area contributed by atoms with Gasteiger partial charge in [-0.3, -0.25) is 14.7 Å². The van der Waals surface area contributed by atoms with Gasteiger partial charge in [-0.15, -0.1) is 0 Å². The molecular weight excluding hydrogens is 264 g/mol. The standard InChI is InChI=1S/C13H16N2O5/c1-8(2)13(3,17)7-14-10-6-9(15(18)19)4-5-11(10)20-12(14)16/h4-6,8,17H,7H2,1-3H3. The summed E-state index contributed by atoms with van der Waals surface area (Å²) in [5.74, 6) is -0.723. The van der Waals surface area contributed by atoms with Gasteiger partial charge in [0.15, 0.2) is 5.58 Å². The number of aliphatic hydroxyl groups is 1. The number of aromatic nitrogens is 1. The molecule has 7 heteroatoms. The summed E-state index contributed by atoms with van der Waals surface area (Å²) in [4.78, 5) is 22.1. The quantitative estimate of drug-likeness (QED) is 0.681. The van der Waals surface area contributed by atoms with Crippen LogP contribution in [-0.2, 0) is 6.54 Å². The number of non-ortho nitro benzene ring substituents is 1. The van der Waals surface area contributed by atoms with E-state index in [1.54, 1.807) is 6.92 Å². The Balaban J connectivity index is 2.57. The maximum absolute atomic E-state index is 11.8. The van der Waals surface area contributed by atoms with Crippen LogP contribution >= 0.6 is 0 Å². The number of nitro benzene ring substituents is 1. The molecule has 0 aliphatic rings. The second-order valence-corrected chi connectivity index (χ2v) is 5.38. The van der Waals surface area contributed by atoms with Gasteiger partial charge in [0.1, 0.15) is 0 Å². The minimum atomic E-state index is -1.12. The number of nitrogens with zero attached hydrogens (tertiary/aromatic N) is 2. The van der Waals surface area contributed by atoms with Gasteiger partial charge < -0.3 is 9.52 Å². The van der Waals surface area contributed by atoms with E-state index in [4.69, 9.17) is 4.42 Å². The van der Waals surface area contributed by atoms with E-state index in [9.17, 15) is 20.0 Å². The van der Waals surface area contributed by atoms with Crippen LogP contribution in [0.2, 0.25) is 0 Å². The van der Waals surface area contributed by atoms with Crippen molar-refractivity contribution in [1.29, 1.82) is 0 Å².